The molecule has 4 nitrogen and oxygen atoms in total. The van der Waals surface area contributed by atoms with Crippen LogP contribution in [-0.4, -0.2) is 18.6 Å². The van der Waals surface area contributed by atoms with Crippen molar-refractivity contribution in [1.29, 1.82) is 0 Å². The van der Waals surface area contributed by atoms with Crippen molar-refractivity contribution >= 4 is 11.6 Å². The lowest BCUT2D eigenvalue weighted by Gasteiger charge is -2.19. The molecule has 0 saturated heterocycles. The Morgan fingerprint density at radius 1 is 1.08 bits per heavy atom. The molecule has 0 bridgehead atoms. The highest BCUT2D eigenvalue weighted by Gasteiger charge is 2.19. The molecule has 0 fully saturated rings. The molecule has 0 spiro atoms. The zero-order valence-electron chi connectivity index (χ0n) is 14.8. The van der Waals surface area contributed by atoms with Crippen molar-refractivity contribution in [2.75, 3.05) is 11.9 Å². The van der Waals surface area contributed by atoms with Crippen molar-refractivity contribution in [1.82, 2.24) is 0 Å². The van der Waals surface area contributed by atoms with Crippen LogP contribution in [-0.2, 0) is 4.79 Å². The van der Waals surface area contributed by atoms with Gasteiger partial charge in [-0.15, -0.1) is 0 Å². The predicted molar refractivity (Wildman–Crippen MR) is 96.9 cm³/mol. The number of ether oxygens (including phenoxy) is 2. The van der Waals surface area contributed by atoms with Crippen molar-refractivity contribution in [2.45, 2.75) is 40.2 Å². The Hall–Kier alpha value is -2.49. The van der Waals surface area contributed by atoms with Crippen molar-refractivity contribution in [2.24, 2.45) is 0 Å². The third-order valence-electron chi connectivity index (χ3n) is 3.92. The fourth-order valence-corrected chi connectivity index (χ4v) is 2.35. The van der Waals surface area contributed by atoms with Crippen LogP contribution in [0, 0.1) is 13.8 Å². The monoisotopic (exact) mass is 327 g/mol. The van der Waals surface area contributed by atoms with Gasteiger partial charge in [-0.1, -0.05) is 19.1 Å². The van der Waals surface area contributed by atoms with Gasteiger partial charge in [0, 0.05) is 5.69 Å². The average molecular weight is 327 g/mol. The Labute approximate surface area is 143 Å². The quantitative estimate of drug-likeness (QED) is 0.814. The normalized spacial score (nSPS) is 11.7. The maximum atomic E-state index is 12.5. The Balaban J connectivity index is 2.04. The minimum absolute atomic E-state index is 0.150. The van der Waals surface area contributed by atoms with Gasteiger partial charge < -0.3 is 14.8 Å². The summed E-state index contributed by atoms with van der Waals surface area (Å²) >= 11 is 0. The zero-order valence-corrected chi connectivity index (χ0v) is 14.8. The van der Waals surface area contributed by atoms with Crippen LogP contribution in [0.1, 0.15) is 31.4 Å². The molecular formula is C20H25NO3. The van der Waals surface area contributed by atoms with Crippen molar-refractivity contribution in [3.05, 3.63) is 53.6 Å². The molecule has 0 aliphatic heterocycles. The summed E-state index contributed by atoms with van der Waals surface area (Å²) in [5, 5.41) is 2.90. The summed E-state index contributed by atoms with van der Waals surface area (Å²) in [5.41, 5.74) is 2.94. The van der Waals surface area contributed by atoms with Crippen LogP contribution in [0.4, 0.5) is 5.69 Å². The molecule has 128 valence electrons. The first-order valence-electron chi connectivity index (χ1n) is 8.31. The molecule has 0 aromatic heterocycles. The minimum Gasteiger partial charge on any atom is -0.494 e. The van der Waals surface area contributed by atoms with Gasteiger partial charge in [0.25, 0.3) is 5.91 Å². The van der Waals surface area contributed by atoms with E-state index in [1.165, 1.54) is 0 Å². The number of aryl methyl sites for hydroxylation is 1. The third kappa shape index (κ3) is 4.51. The van der Waals surface area contributed by atoms with Crippen molar-refractivity contribution in [3.63, 3.8) is 0 Å². The second-order valence-corrected chi connectivity index (χ2v) is 5.66. The van der Waals surface area contributed by atoms with Crippen LogP contribution < -0.4 is 14.8 Å². The molecule has 1 atom stereocenters. The summed E-state index contributed by atoms with van der Waals surface area (Å²) < 4.78 is 11.3. The Morgan fingerprint density at radius 3 is 2.42 bits per heavy atom. The summed E-state index contributed by atoms with van der Waals surface area (Å²) in [7, 11) is 0. The van der Waals surface area contributed by atoms with E-state index in [1.807, 2.05) is 70.2 Å². The molecular weight excluding hydrogens is 302 g/mol. The van der Waals surface area contributed by atoms with E-state index >= 15 is 0 Å². The lowest BCUT2D eigenvalue weighted by molar-refractivity contribution is -0.122. The summed E-state index contributed by atoms with van der Waals surface area (Å²) in [6.45, 7) is 8.53. The smallest absolute Gasteiger partial charge is 0.265 e. The number of hydrogen-bond acceptors (Lipinski definition) is 3. The SMILES string of the molecule is CCOc1ccc(NC(=O)[C@H](CC)Oc2cccc(C)c2C)cc1. The molecule has 0 radical (unpaired) electrons. The van der Waals surface area contributed by atoms with Crippen LogP contribution >= 0.6 is 0 Å². The summed E-state index contributed by atoms with van der Waals surface area (Å²) in [5.74, 6) is 1.39. The molecule has 2 aromatic rings. The first kappa shape index (κ1) is 17.9. The fourth-order valence-electron chi connectivity index (χ4n) is 2.35. The van der Waals surface area contributed by atoms with Gasteiger partial charge in [0.2, 0.25) is 0 Å². The fraction of sp³-hybridized carbons (Fsp3) is 0.350. The lowest BCUT2D eigenvalue weighted by atomic mass is 10.1. The van der Waals surface area contributed by atoms with Gasteiger partial charge in [-0.2, -0.15) is 0 Å². The van der Waals surface area contributed by atoms with Crippen LogP contribution in [0.5, 0.6) is 11.5 Å². The van der Waals surface area contributed by atoms with E-state index in [4.69, 9.17) is 9.47 Å². The van der Waals surface area contributed by atoms with E-state index in [0.29, 0.717) is 13.0 Å². The van der Waals surface area contributed by atoms with Gasteiger partial charge in [0.05, 0.1) is 6.61 Å². The third-order valence-corrected chi connectivity index (χ3v) is 3.92. The maximum absolute atomic E-state index is 12.5. The summed E-state index contributed by atoms with van der Waals surface area (Å²) in [6.07, 6.45) is 0.0630. The summed E-state index contributed by atoms with van der Waals surface area (Å²) in [6, 6.07) is 13.2. The standard InChI is InChI=1S/C20H25NO3/c1-5-18(24-19-9-7-8-14(3)15(19)4)20(22)21-16-10-12-17(13-11-16)23-6-2/h7-13,18H,5-6H2,1-4H3,(H,21,22)/t18-/m0/s1. The highest BCUT2D eigenvalue weighted by molar-refractivity contribution is 5.94. The Morgan fingerprint density at radius 2 is 1.79 bits per heavy atom. The van der Waals surface area contributed by atoms with Gasteiger partial charge in [0.15, 0.2) is 6.10 Å². The predicted octanol–water partition coefficient (Wildman–Crippen LogP) is 4.50. The van der Waals surface area contributed by atoms with E-state index in [0.717, 1.165) is 28.3 Å². The lowest BCUT2D eigenvalue weighted by Crippen LogP contribution is -2.32. The minimum atomic E-state index is -0.530. The average Bonchev–Trinajstić information content (AvgIpc) is 2.58. The van der Waals surface area contributed by atoms with E-state index in [9.17, 15) is 4.79 Å². The largest absolute Gasteiger partial charge is 0.494 e. The number of benzene rings is 2. The topological polar surface area (TPSA) is 47.6 Å². The second kappa shape index (κ2) is 8.39. The van der Waals surface area contributed by atoms with Crippen LogP contribution in [0.25, 0.3) is 0 Å². The molecule has 0 heterocycles. The Kier molecular flexibility index (Phi) is 6.24. The first-order valence-corrected chi connectivity index (χ1v) is 8.31. The van der Waals surface area contributed by atoms with Crippen LogP contribution in [0.3, 0.4) is 0 Å². The number of anilines is 1. The molecule has 2 rings (SSSR count). The molecule has 1 amide bonds. The van der Waals surface area contributed by atoms with Gasteiger partial charge in [-0.05, 0) is 68.7 Å². The molecule has 4 heteroatoms. The molecule has 2 aromatic carbocycles. The highest BCUT2D eigenvalue weighted by atomic mass is 16.5. The van der Waals surface area contributed by atoms with Gasteiger partial charge >= 0.3 is 0 Å². The Bertz CT molecular complexity index is 680. The number of amides is 1. The molecule has 24 heavy (non-hydrogen) atoms. The van der Waals surface area contributed by atoms with Gasteiger partial charge in [-0.25, -0.2) is 0 Å². The van der Waals surface area contributed by atoms with Gasteiger partial charge in [-0.3, -0.25) is 4.79 Å². The number of nitrogens with one attached hydrogen (secondary N) is 1. The highest BCUT2D eigenvalue weighted by Crippen LogP contribution is 2.23. The molecule has 0 saturated carbocycles. The summed E-state index contributed by atoms with van der Waals surface area (Å²) in [4.78, 5) is 12.5. The van der Waals surface area contributed by atoms with Gasteiger partial charge in [0.1, 0.15) is 11.5 Å². The second-order valence-electron chi connectivity index (χ2n) is 5.66. The van der Waals surface area contributed by atoms with Crippen molar-refractivity contribution in [3.8, 4) is 11.5 Å². The number of carbonyl (C=O) groups is 1. The zero-order chi connectivity index (χ0) is 17.5. The molecule has 0 aliphatic carbocycles. The first-order chi connectivity index (χ1) is 11.5. The maximum Gasteiger partial charge on any atom is 0.265 e. The van der Waals surface area contributed by atoms with Crippen molar-refractivity contribution < 1.29 is 14.3 Å². The molecule has 0 aliphatic rings. The van der Waals surface area contributed by atoms with E-state index in [1.54, 1.807) is 0 Å². The number of hydrogen-bond donors (Lipinski definition) is 1. The van der Waals surface area contributed by atoms with Crippen LogP contribution in [0.2, 0.25) is 0 Å². The number of carbonyl (C=O) groups excluding carboxylic acids is 1. The molecule has 1 N–H and O–H groups in total. The van der Waals surface area contributed by atoms with E-state index in [-0.39, 0.29) is 5.91 Å². The number of rotatable bonds is 7. The van der Waals surface area contributed by atoms with E-state index in [2.05, 4.69) is 5.32 Å². The van der Waals surface area contributed by atoms with E-state index < -0.39 is 6.10 Å². The van der Waals surface area contributed by atoms with Crippen LogP contribution in [0.15, 0.2) is 42.5 Å². The molecule has 0 unspecified atom stereocenters.